The zero-order valence-corrected chi connectivity index (χ0v) is 33.3. The van der Waals surface area contributed by atoms with Crippen LogP contribution in [-0.2, 0) is 0 Å². The number of rotatable bonds is 8. The SMILES string of the molecule is CC(C)c1cccc(C(C)C)n1.CC(C)c1ccnc(C(C)C)c1.CC(C)c1ccnc(C(C)C)c1.CC(C)c1ccnc(C(C)C)c1. The van der Waals surface area contributed by atoms with Crippen molar-refractivity contribution in [2.45, 2.75) is 158 Å². The first kappa shape index (κ1) is 42.6. The summed E-state index contributed by atoms with van der Waals surface area (Å²) in [4.78, 5) is 17.5. The van der Waals surface area contributed by atoms with Gasteiger partial charge in [-0.1, -0.05) is 117 Å². The zero-order chi connectivity index (χ0) is 36.6. The molecule has 0 radical (unpaired) electrons. The molecule has 4 aromatic rings. The first-order valence-corrected chi connectivity index (χ1v) is 18.3. The van der Waals surface area contributed by atoms with Gasteiger partial charge in [0.1, 0.15) is 0 Å². The van der Waals surface area contributed by atoms with Crippen LogP contribution in [0.4, 0.5) is 0 Å². The summed E-state index contributed by atoms with van der Waals surface area (Å²) >= 11 is 0. The van der Waals surface area contributed by atoms with Crippen molar-refractivity contribution >= 4 is 0 Å². The molecule has 0 aliphatic carbocycles. The topological polar surface area (TPSA) is 51.6 Å². The molecular formula is C44H68N4. The molecule has 4 nitrogen and oxygen atoms in total. The molecule has 4 heteroatoms. The molecule has 0 N–H and O–H groups in total. The van der Waals surface area contributed by atoms with Gasteiger partial charge >= 0.3 is 0 Å². The van der Waals surface area contributed by atoms with Crippen molar-refractivity contribution in [1.82, 2.24) is 19.9 Å². The summed E-state index contributed by atoms with van der Waals surface area (Å²) < 4.78 is 0. The van der Waals surface area contributed by atoms with E-state index in [-0.39, 0.29) is 0 Å². The van der Waals surface area contributed by atoms with Gasteiger partial charge in [0.05, 0.1) is 0 Å². The Bertz CT molecular complexity index is 1130. The van der Waals surface area contributed by atoms with Crippen LogP contribution in [-0.4, -0.2) is 19.9 Å². The molecule has 4 heterocycles. The number of nitrogens with zero attached hydrogens (tertiary/aromatic N) is 4. The first-order chi connectivity index (χ1) is 22.4. The monoisotopic (exact) mass is 653 g/mol. The summed E-state index contributed by atoms with van der Waals surface area (Å²) in [5.74, 6) is 4.46. The van der Waals surface area contributed by atoms with Crippen LogP contribution in [0.15, 0.2) is 73.2 Å². The van der Waals surface area contributed by atoms with Crippen molar-refractivity contribution in [3.8, 4) is 0 Å². The lowest BCUT2D eigenvalue weighted by molar-refractivity contribution is 0.765. The lowest BCUT2D eigenvalue weighted by Gasteiger charge is -2.08. The molecule has 0 unspecified atom stereocenters. The minimum Gasteiger partial charge on any atom is -0.261 e. The number of pyridine rings is 4. The summed E-state index contributed by atoms with van der Waals surface area (Å²) in [6, 6.07) is 19.2. The van der Waals surface area contributed by atoms with E-state index in [1.165, 1.54) is 45.2 Å². The van der Waals surface area contributed by atoms with Gasteiger partial charge in [0.2, 0.25) is 0 Å². The third-order valence-corrected chi connectivity index (χ3v) is 8.17. The fourth-order valence-electron chi connectivity index (χ4n) is 4.53. The Morgan fingerprint density at radius 1 is 0.312 bits per heavy atom. The fraction of sp³-hybridized carbons (Fsp3) is 0.545. The van der Waals surface area contributed by atoms with Crippen LogP contribution in [0.5, 0.6) is 0 Å². The van der Waals surface area contributed by atoms with Crippen molar-refractivity contribution in [2.75, 3.05) is 0 Å². The van der Waals surface area contributed by atoms with Gasteiger partial charge in [-0.25, -0.2) is 0 Å². The van der Waals surface area contributed by atoms with Crippen LogP contribution in [0.25, 0.3) is 0 Å². The highest BCUT2D eigenvalue weighted by Crippen LogP contribution is 2.21. The molecule has 0 bridgehead atoms. The molecule has 0 aliphatic heterocycles. The second kappa shape index (κ2) is 21.5. The smallest absolute Gasteiger partial charge is 0.0432 e. The van der Waals surface area contributed by atoms with Crippen molar-refractivity contribution in [3.63, 3.8) is 0 Å². The summed E-state index contributed by atoms with van der Waals surface area (Å²) in [5, 5.41) is 0. The highest BCUT2D eigenvalue weighted by Gasteiger charge is 2.06. The van der Waals surface area contributed by atoms with E-state index in [1.807, 2.05) is 18.6 Å². The van der Waals surface area contributed by atoms with Crippen LogP contribution in [0, 0.1) is 0 Å². The lowest BCUT2D eigenvalue weighted by Crippen LogP contribution is -1.98. The molecule has 0 amide bonds. The molecule has 0 aliphatic rings. The molecule has 264 valence electrons. The van der Waals surface area contributed by atoms with Gasteiger partial charge in [-0.3, -0.25) is 19.9 Å². The van der Waals surface area contributed by atoms with Crippen molar-refractivity contribution in [3.05, 3.63) is 118 Å². The van der Waals surface area contributed by atoms with Crippen molar-refractivity contribution in [2.24, 2.45) is 0 Å². The van der Waals surface area contributed by atoms with Gasteiger partial charge in [-0.15, -0.1) is 0 Å². The Hall–Kier alpha value is -3.40. The largest absolute Gasteiger partial charge is 0.261 e. The Morgan fingerprint density at radius 2 is 0.562 bits per heavy atom. The Morgan fingerprint density at radius 3 is 0.771 bits per heavy atom. The molecule has 4 rings (SSSR count). The second-order valence-electron chi connectivity index (χ2n) is 15.3. The molecule has 0 saturated heterocycles. The molecule has 0 aromatic carbocycles. The Balaban J connectivity index is 0.000000320. The van der Waals surface area contributed by atoms with Crippen LogP contribution in [0.3, 0.4) is 0 Å². The maximum absolute atomic E-state index is 4.57. The van der Waals surface area contributed by atoms with Crippen LogP contribution < -0.4 is 0 Å². The van der Waals surface area contributed by atoms with E-state index < -0.39 is 0 Å². The summed E-state index contributed by atoms with van der Waals surface area (Å²) in [7, 11) is 0. The molecule has 0 spiro atoms. The average Bonchev–Trinajstić information content (AvgIpc) is 3.05. The predicted octanol–water partition coefficient (Wildman–Crippen LogP) is 13.3. The maximum atomic E-state index is 4.57. The van der Waals surface area contributed by atoms with E-state index in [2.05, 4.69) is 185 Å². The van der Waals surface area contributed by atoms with Gasteiger partial charge in [0.25, 0.3) is 0 Å². The van der Waals surface area contributed by atoms with Crippen molar-refractivity contribution in [1.29, 1.82) is 0 Å². The predicted molar refractivity (Wildman–Crippen MR) is 210 cm³/mol. The van der Waals surface area contributed by atoms with Gasteiger partial charge in [-0.05, 0) is 113 Å². The third-order valence-electron chi connectivity index (χ3n) is 8.17. The van der Waals surface area contributed by atoms with E-state index in [1.54, 1.807) is 0 Å². The molecular weight excluding hydrogens is 585 g/mol. The normalized spacial score (nSPS) is 11.2. The standard InChI is InChI=1S/4C11H17N/c3*1-8(2)10-5-6-12-11(7-10)9(3)4;1-8(2)10-6-5-7-11(12-10)9(3)4/h4*5-9H,1-4H3. The highest BCUT2D eigenvalue weighted by molar-refractivity contribution is 5.23. The number of hydrogen-bond acceptors (Lipinski definition) is 4. The molecule has 0 atom stereocenters. The van der Waals surface area contributed by atoms with Gasteiger partial charge in [0, 0.05) is 47.1 Å². The average molecular weight is 653 g/mol. The maximum Gasteiger partial charge on any atom is 0.0432 e. The number of aromatic nitrogens is 4. The second-order valence-corrected chi connectivity index (χ2v) is 15.3. The Kier molecular flexibility index (Phi) is 19.1. The molecule has 4 aromatic heterocycles. The van der Waals surface area contributed by atoms with E-state index in [0.29, 0.717) is 47.3 Å². The minimum atomic E-state index is 0.531. The van der Waals surface area contributed by atoms with Gasteiger partial charge in [0.15, 0.2) is 0 Å². The quantitative estimate of drug-likeness (QED) is 0.190. The summed E-state index contributed by atoms with van der Waals surface area (Å²) in [6.45, 7) is 35.0. The van der Waals surface area contributed by atoms with Crippen molar-refractivity contribution < 1.29 is 0 Å². The summed E-state index contributed by atoms with van der Waals surface area (Å²) in [5.41, 5.74) is 10.1. The van der Waals surface area contributed by atoms with E-state index in [4.69, 9.17) is 0 Å². The molecule has 0 saturated carbocycles. The summed E-state index contributed by atoms with van der Waals surface area (Å²) in [6.07, 6.45) is 5.72. The highest BCUT2D eigenvalue weighted by atomic mass is 14.7. The first-order valence-electron chi connectivity index (χ1n) is 18.3. The fourth-order valence-corrected chi connectivity index (χ4v) is 4.53. The van der Waals surface area contributed by atoms with E-state index in [9.17, 15) is 0 Å². The van der Waals surface area contributed by atoms with Crippen LogP contribution in [0.2, 0.25) is 0 Å². The minimum absolute atomic E-state index is 0.531. The lowest BCUT2D eigenvalue weighted by atomic mass is 10.0. The zero-order valence-electron chi connectivity index (χ0n) is 33.3. The van der Waals surface area contributed by atoms with E-state index in [0.717, 1.165) is 0 Å². The molecule has 0 fully saturated rings. The van der Waals surface area contributed by atoms with Crippen LogP contribution >= 0.6 is 0 Å². The van der Waals surface area contributed by atoms with Gasteiger partial charge in [-0.2, -0.15) is 0 Å². The van der Waals surface area contributed by atoms with Crippen LogP contribution in [0.1, 0.15) is 203 Å². The number of hydrogen-bond donors (Lipinski definition) is 0. The Labute approximate surface area is 295 Å². The molecule has 48 heavy (non-hydrogen) atoms. The van der Waals surface area contributed by atoms with E-state index >= 15 is 0 Å². The third kappa shape index (κ3) is 15.7. The van der Waals surface area contributed by atoms with Gasteiger partial charge < -0.3 is 0 Å².